The minimum atomic E-state index is -0.217. The van der Waals surface area contributed by atoms with Crippen molar-refractivity contribution in [2.75, 3.05) is 5.32 Å². The Morgan fingerprint density at radius 1 is 1.45 bits per heavy atom. The van der Waals surface area contributed by atoms with Crippen molar-refractivity contribution in [3.63, 3.8) is 0 Å². The van der Waals surface area contributed by atoms with Gasteiger partial charge in [-0.2, -0.15) is 5.26 Å². The Kier molecular flexibility index (Phi) is 3.64. The second kappa shape index (κ2) is 5.43. The molecule has 0 spiro atoms. The number of hydrogen-bond donors (Lipinski definition) is 2. The summed E-state index contributed by atoms with van der Waals surface area (Å²) in [5.74, 6) is -0.217. The molecule has 4 nitrogen and oxygen atoms in total. The zero-order chi connectivity index (χ0) is 14.1. The number of aromatic amines is 1. The number of thiophene rings is 1. The smallest absolute Gasteiger partial charge is 0.272 e. The van der Waals surface area contributed by atoms with E-state index in [1.165, 1.54) is 16.2 Å². The van der Waals surface area contributed by atoms with Gasteiger partial charge in [-0.05, 0) is 53.2 Å². The van der Waals surface area contributed by atoms with Gasteiger partial charge >= 0.3 is 0 Å². The largest absolute Gasteiger partial charge is 0.356 e. The summed E-state index contributed by atoms with van der Waals surface area (Å²) in [6.07, 6.45) is 5.95. The molecule has 0 saturated carbocycles. The summed E-state index contributed by atoms with van der Waals surface area (Å²) in [7, 11) is 0. The Hall–Kier alpha value is -1.58. The van der Waals surface area contributed by atoms with Crippen LogP contribution in [-0.4, -0.2) is 10.9 Å². The van der Waals surface area contributed by atoms with Gasteiger partial charge in [0.05, 0.1) is 5.56 Å². The third kappa shape index (κ3) is 2.39. The highest BCUT2D eigenvalue weighted by Crippen LogP contribution is 2.37. The van der Waals surface area contributed by atoms with Gasteiger partial charge < -0.3 is 10.3 Å². The van der Waals surface area contributed by atoms with Crippen molar-refractivity contribution in [1.82, 2.24) is 4.98 Å². The number of fused-ring (bicyclic) bond motifs is 1. The Labute approximate surface area is 128 Å². The molecule has 2 aromatic heterocycles. The van der Waals surface area contributed by atoms with Gasteiger partial charge in [0.25, 0.3) is 5.91 Å². The van der Waals surface area contributed by atoms with Gasteiger partial charge in [0.2, 0.25) is 0 Å². The predicted octanol–water partition coefficient (Wildman–Crippen LogP) is 3.84. The van der Waals surface area contributed by atoms with Gasteiger partial charge in [0, 0.05) is 15.5 Å². The van der Waals surface area contributed by atoms with Crippen molar-refractivity contribution in [3.8, 4) is 6.07 Å². The number of rotatable bonds is 2. The summed E-state index contributed by atoms with van der Waals surface area (Å²) in [5, 5.41) is 12.9. The number of carbonyl (C=O) groups is 1. The quantitative estimate of drug-likeness (QED) is 0.864. The molecule has 0 aliphatic heterocycles. The summed E-state index contributed by atoms with van der Waals surface area (Å²) in [5.41, 5.74) is 2.25. The highest BCUT2D eigenvalue weighted by Gasteiger charge is 2.22. The number of aryl methyl sites for hydroxylation is 1. The molecule has 1 aliphatic rings. The summed E-state index contributed by atoms with van der Waals surface area (Å²) in [6, 6.07) is 3.96. The van der Waals surface area contributed by atoms with E-state index in [0.29, 0.717) is 16.3 Å². The van der Waals surface area contributed by atoms with Crippen LogP contribution in [0.4, 0.5) is 5.00 Å². The van der Waals surface area contributed by atoms with Gasteiger partial charge in [-0.15, -0.1) is 11.3 Å². The average molecular weight is 350 g/mol. The highest BCUT2D eigenvalue weighted by molar-refractivity contribution is 9.10. The summed E-state index contributed by atoms with van der Waals surface area (Å²) >= 11 is 4.84. The van der Waals surface area contributed by atoms with E-state index in [2.05, 4.69) is 32.3 Å². The molecule has 0 unspecified atom stereocenters. The van der Waals surface area contributed by atoms with Crippen molar-refractivity contribution < 1.29 is 4.79 Å². The van der Waals surface area contributed by atoms with Crippen LogP contribution < -0.4 is 5.32 Å². The van der Waals surface area contributed by atoms with Crippen molar-refractivity contribution >= 4 is 38.2 Å². The van der Waals surface area contributed by atoms with Crippen molar-refractivity contribution in [2.24, 2.45) is 0 Å². The van der Waals surface area contributed by atoms with Crippen molar-refractivity contribution in [2.45, 2.75) is 25.7 Å². The van der Waals surface area contributed by atoms with E-state index >= 15 is 0 Å². The van der Waals surface area contributed by atoms with Crippen LogP contribution >= 0.6 is 27.3 Å². The first-order valence-corrected chi connectivity index (χ1v) is 8.00. The molecule has 3 rings (SSSR count). The first kappa shape index (κ1) is 13.4. The van der Waals surface area contributed by atoms with E-state index in [0.717, 1.165) is 35.7 Å². The van der Waals surface area contributed by atoms with Gasteiger partial charge in [-0.25, -0.2) is 0 Å². The fourth-order valence-corrected chi connectivity index (χ4v) is 4.02. The van der Waals surface area contributed by atoms with Crippen molar-refractivity contribution in [1.29, 1.82) is 5.26 Å². The lowest BCUT2D eigenvalue weighted by Gasteiger charge is -2.09. The first-order valence-electron chi connectivity index (χ1n) is 6.39. The molecule has 2 heterocycles. The van der Waals surface area contributed by atoms with Crippen LogP contribution in [0.15, 0.2) is 16.7 Å². The third-order valence-corrected chi connectivity index (χ3v) is 5.07. The molecule has 0 saturated heterocycles. The SMILES string of the molecule is N#Cc1c(NC(=O)c2cc(Br)c[nH]2)sc2c1CCCC2. The summed E-state index contributed by atoms with van der Waals surface area (Å²) in [6.45, 7) is 0. The van der Waals surface area contributed by atoms with Gasteiger partial charge in [0.1, 0.15) is 16.8 Å². The number of H-pyrrole nitrogens is 1. The number of carbonyl (C=O) groups excluding carboxylic acids is 1. The molecule has 0 bridgehead atoms. The first-order chi connectivity index (χ1) is 9.69. The Morgan fingerprint density at radius 3 is 2.95 bits per heavy atom. The molecule has 102 valence electrons. The van der Waals surface area contributed by atoms with Crippen molar-refractivity contribution in [3.05, 3.63) is 38.4 Å². The van der Waals surface area contributed by atoms with E-state index in [1.54, 1.807) is 12.3 Å². The van der Waals surface area contributed by atoms with E-state index in [1.807, 2.05) is 0 Å². The van der Waals surface area contributed by atoms with Gasteiger partial charge in [-0.3, -0.25) is 4.79 Å². The molecule has 0 fully saturated rings. The monoisotopic (exact) mass is 349 g/mol. The van der Waals surface area contributed by atoms with Gasteiger partial charge in [-0.1, -0.05) is 0 Å². The third-order valence-electron chi connectivity index (χ3n) is 3.40. The average Bonchev–Trinajstić information content (AvgIpc) is 3.01. The number of nitrogens with one attached hydrogen (secondary N) is 2. The highest BCUT2D eigenvalue weighted by atomic mass is 79.9. The van der Waals surface area contributed by atoms with E-state index in [4.69, 9.17) is 0 Å². The molecule has 1 aliphatic carbocycles. The number of halogens is 1. The van der Waals surface area contributed by atoms with Crippen LogP contribution in [0.2, 0.25) is 0 Å². The second-order valence-corrected chi connectivity index (χ2v) is 6.73. The normalized spacial score (nSPS) is 13.6. The molecule has 20 heavy (non-hydrogen) atoms. The minimum Gasteiger partial charge on any atom is -0.356 e. The Morgan fingerprint density at radius 2 is 2.25 bits per heavy atom. The lowest BCUT2D eigenvalue weighted by atomic mass is 9.96. The number of hydrogen-bond acceptors (Lipinski definition) is 3. The second-order valence-electron chi connectivity index (χ2n) is 4.71. The van der Waals surface area contributed by atoms with Crippen LogP contribution in [0, 0.1) is 11.3 Å². The predicted molar refractivity (Wildman–Crippen MR) is 82.1 cm³/mol. The van der Waals surface area contributed by atoms with Crippen LogP contribution in [-0.2, 0) is 12.8 Å². The molecule has 6 heteroatoms. The van der Waals surface area contributed by atoms with Crippen LogP contribution in [0.5, 0.6) is 0 Å². The fraction of sp³-hybridized carbons (Fsp3) is 0.286. The number of aromatic nitrogens is 1. The fourth-order valence-electron chi connectivity index (χ4n) is 2.44. The molecular weight excluding hydrogens is 338 g/mol. The van der Waals surface area contributed by atoms with E-state index in [9.17, 15) is 10.1 Å². The molecule has 1 amide bonds. The van der Waals surface area contributed by atoms with E-state index in [-0.39, 0.29) is 5.91 Å². The lowest BCUT2D eigenvalue weighted by Crippen LogP contribution is -2.12. The number of nitriles is 1. The molecule has 0 atom stereocenters. The topological polar surface area (TPSA) is 68.7 Å². The minimum absolute atomic E-state index is 0.217. The lowest BCUT2D eigenvalue weighted by molar-refractivity contribution is 0.102. The zero-order valence-corrected chi connectivity index (χ0v) is 13.0. The number of anilines is 1. The molecule has 0 radical (unpaired) electrons. The number of amides is 1. The standard InChI is InChI=1S/C14H12BrN3OS/c15-8-5-11(17-7-8)13(19)18-14-10(6-16)9-3-1-2-4-12(9)20-14/h5,7,17H,1-4H2,(H,18,19). The van der Waals surface area contributed by atoms with Gasteiger partial charge in [0.15, 0.2) is 0 Å². The van der Waals surface area contributed by atoms with Crippen LogP contribution in [0.3, 0.4) is 0 Å². The molecule has 0 aromatic carbocycles. The summed E-state index contributed by atoms with van der Waals surface area (Å²) in [4.78, 5) is 16.3. The zero-order valence-electron chi connectivity index (χ0n) is 10.6. The molecular formula is C14H12BrN3OS. The maximum Gasteiger partial charge on any atom is 0.272 e. The van der Waals surface area contributed by atoms with Crippen LogP contribution in [0.25, 0.3) is 0 Å². The summed E-state index contributed by atoms with van der Waals surface area (Å²) < 4.78 is 0.827. The number of nitrogens with zero attached hydrogens (tertiary/aromatic N) is 1. The maximum absolute atomic E-state index is 12.1. The Balaban J connectivity index is 1.89. The molecule has 2 N–H and O–H groups in total. The Bertz CT molecular complexity index is 711. The van der Waals surface area contributed by atoms with E-state index < -0.39 is 0 Å². The van der Waals surface area contributed by atoms with Crippen LogP contribution in [0.1, 0.15) is 39.3 Å². The molecule has 2 aromatic rings. The maximum atomic E-state index is 12.1.